The molecule has 2 aromatic heterocycles. The lowest BCUT2D eigenvalue weighted by Crippen LogP contribution is -2.25. The third kappa shape index (κ3) is 3.69. The van der Waals surface area contributed by atoms with Gasteiger partial charge in [-0.2, -0.15) is 5.10 Å². The van der Waals surface area contributed by atoms with Crippen LogP contribution in [0, 0.1) is 0 Å². The van der Waals surface area contributed by atoms with E-state index in [1.807, 2.05) is 71.7 Å². The monoisotopic (exact) mass is 360 g/mol. The van der Waals surface area contributed by atoms with Crippen molar-refractivity contribution >= 4 is 16.8 Å². The van der Waals surface area contributed by atoms with Crippen LogP contribution in [0.25, 0.3) is 16.6 Å². The van der Waals surface area contributed by atoms with Crippen LogP contribution in [-0.2, 0) is 6.42 Å². The Kier molecular flexibility index (Phi) is 4.61. The number of ether oxygens (including phenoxy) is 1. The molecule has 0 saturated carbocycles. The molecule has 4 aromatic rings. The van der Waals surface area contributed by atoms with E-state index in [4.69, 9.17) is 4.74 Å². The van der Waals surface area contributed by atoms with Crippen molar-refractivity contribution in [3.05, 3.63) is 78.2 Å². The summed E-state index contributed by atoms with van der Waals surface area (Å²) in [5, 5.41) is 8.30. The van der Waals surface area contributed by atoms with E-state index in [2.05, 4.69) is 15.4 Å². The summed E-state index contributed by atoms with van der Waals surface area (Å²) in [6, 6.07) is 17.5. The summed E-state index contributed by atoms with van der Waals surface area (Å²) in [7, 11) is 1.62. The van der Waals surface area contributed by atoms with Crippen LogP contribution < -0.4 is 10.1 Å². The third-order valence-corrected chi connectivity index (χ3v) is 4.43. The van der Waals surface area contributed by atoms with E-state index in [1.165, 1.54) is 0 Å². The minimum Gasteiger partial charge on any atom is -0.497 e. The number of carbonyl (C=O) groups is 1. The van der Waals surface area contributed by atoms with Gasteiger partial charge in [0.05, 0.1) is 19.0 Å². The van der Waals surface area contributed by atoms with Gasteiger partial charge in [0.15, 0.2) is 0 Å². The number of aromatic amines is 1. The number of amides is 1. The fraction of sp³-hybridized carbons (Fsp3) is 0.143. The summed E-state index contributed by atoms with van der Waals surface area (Å²) in [6.45, 7) is 0.540. The van der Waals surface area contributed by atoms with Crippen molar-refractivity contribution in [3.8, 4) is 11.4 Å². The van der Waals surface area contributed by atoms with Crippen LogP contribution in [0.15, 0.2) is 67.0 Å². The normalized spacial score (nSPS) is 10.9. The van der Waals surface area contributed by atoms with Gasteiger partial charge in [0, 0.05) is 29.7 Å². The number of hydrogen-bond donors (Lipinski definition) is 2. The number of carbonyl (C=O) groups excluding carboxylic acids is 1. The molecule has 2 N–H and O–H groups in total. The molecule has 1 amide bonds. The van der Waals surface area contributed by atoms with Gasteiger partial charge < -0.3 is 15.0 Å². The first-order valence-corrected chi connectivity index (χ1v) is 8.77. The van der Waals surface area contributed by atoms with Crippen LogP contribution in [-0.4, -0.2) is 34.3 Å². The highest BCUT2D eigenvalue weighted by molar-refractivity contribution is 5.98. The highest BCUT2D eigenvalue weighted by atomic mass is 16.5. The average Bonchev–Trinajstić information content (AvgIpc) is 3.35. The minimum absolute atomic E-state index is 0.124. The van der Waals surface area contributed by atoms with Gasteiger partial charge in [0.1, 0.15) is 11.4 Å². The molecular weight excluding hydrogens is 340 g/mol. The molecule has 0 atom stereocenters. The topological polar surface area (TPSA) is 71.9 Å². The molecule has 6 nitrogen and oxygen atoms in total. The molecular formula is C21H20N4O2. The molecule has 0 aliphatic carbocycles. The maximum atomic E-state index is 12.4. The molecule has 0 saturated heterocycles. The minimum atomic E-state index is -0.124. The highest BCUT2D eigenvalue weighted by Gasteiger charge is 2.10. The smallest absolute Gasteiger partial charge is 0.267 e. The maximum Gasteiger partial charge on any atom is 0.267 e. The largest absolute Gasteiger partial charge is 0.497 e. The maximum absolute atomic E-state index is 12.4. The zero-order valence-electron chi connectivity index (χ0n) is 15.0. The van der Waals surface area contributed by atoms with Gasteiger partial charge >= 0.3 is 0 Å². The summed E-state index contributed by atoms with van der Waals surface area (Å²) in [4.78, 5) is 15.5. The van der Waals surface area contributed by atoms with Crippen LogP contribution in [0.1, 0.15) is 16.1 Å². The Morgan fingerprint density at radius 3 is 2.85 bits per heavy atom. The van der Waals surface area contributed by atoms with Gasteiger partial charge in [-0.1, -0.05) is 18.2 Å². The molecule has 27 heavy (non-hydrogen) atoms. The summed E-state index contributed by atoms with van der Waals surface area (Å²) in [6.07, 6.45) is 4.53. The van der Waals surface area contributed by atoms with Crippen LogP contribution in [0.3, 0.4) is 0 Å². The van der Waals surface area contributed by atoms with E-state index in [-0.39, 0.29) is 5.91 Å². The molecule has 0 aliphatic heterocycles. The fourth-order valence-electron chi connectivity index (χ4n) is 2.98. The lowest BCUT2D eigenvalue weighted by molar-refractivity contribution is 0.0950. The Hall–Kier alpha value is -3.54. The number of rotatable bonds is 6. The van der Waals surface area contributed by atoms with Crippen molar-refractivity contribution in [1.82, 2.24) is 20.1 Å². The van der Waals surface area contributed by atoms with Crippen molar-refractivity contribution in [1.29, 1.82) is 0 Å². The fourth-order valence-corrected chi connectivity index (χ4v) is 2.98. The summed E-state index contributed by atoms with van der Waals surface area (Å²) in [5.41, 5.74) is 3.50. The predicted octanol–water partition coefficient (Wildman–Crippen LogP) is 3.33. The van der Waals surface area contributed by atoms with E-state index >= 15 is 0 Å². The van der Waals surface area contributed by atoms with Gasteiger partial charge in [-0.3, -0.25) is 4.79 Å². The molecule has 0 spiro atoms. The van der Waals surface area contributed by atoms with E-state index in [0.717, 1.165) is 27.9 Å². The summed E-state index contributed by atoms with van der Waals surface area (Å²) in [5.74, 6) is 0.632. The second kappa shape index (κ2) is 7.37. The molecule has 0 bridgehead atoms. The number of H-pyrrole nitrogens is 1. The molecule has 0 fully saturated rings. The van der Waals surface area contributed by atoms with Crippen molar-refractivity contribution < 1.29 is 9.53 Å². The van der Waals surface area contributed by atoms with E-state index in [9.17, 15) is 4.79 Å². The molecule has 136 valence electrons. The quantitative estimate of drug-likeness (QED) is 0.554. The van der Waals surface area contributed by atoms with Crippen LogP contribution in [0.4, 0.5) is 0 Å². The number of aromatic nitrogens is 3. The predicted molar refractivity (Wildman–Crippen MR) is 104 cm³/mol. The summed E-state index contributed by atoms with van der Waals surface area (Å²) < 4.78 is 7.05. The van der Waals surface area contributed by atoms with Crippen molar-refractivity contribution in [2.45, 2.75) is 6.42 Å². The van der Waals surface area contributed by atoms with Crippen LogP contribution >= 0.6 is 0 Å². The third-order valence-electron chi connectivity index (χ3n) is 4.43. The van der Waals surface area contributed by atoms with Gasteiger partial charge in [-0.05, 0) is 42.3 Å². The number of benzene rings is 2. The second-order valence-corrected chi connectivity index (χ2v) is 6.27. The number of hydrogen-bond acceptors (Lipinski definition) is 3. The zero-order chi connectivity index (χ0) is 18.6. The standard InChI is InChI=1S/C21H20N4O2/c1-27-18-8-7-16-11-20(24-19(16)12-18)21(26)22-10-9-15-13-23-25(14-15)17-5-3-2-4-6-17/h2-8,11-14,24H,9-10H2,1H3,(H,22,26). The Morgan fingerprint density at radius 2 is 2.04 bits per heavy atom. The lowest BCUT2D eigenvalue weighted by atomic mass is 10.2. The van der Waals surface area contributed by atoms with E-state index < -0.39 is 0 Å². The summed E-state index contributed by atoms with van der Waals surface area (Å²) >= 11 is 0. The Labute approximate surface area is 156 Å². The van der Waals surface area contributed by atoms with Gasteiger partial charge in [-0.25, -0.2) is 4.68 Å². The Balaban J connectivity index is 1.36. The van der Waals surface area contributed by atoms with Crippen LogP contribution in [0.2, 0.25) is 0 Å². The molecule has 0 unspecified atom stereocenters. The Morgan fingerprint density at radius 1 is 1.19 bits per heavy atom. The molecule has 2 heterocycles. The van der Waals surface area contributed by atoms with Crippen molar-refractivity contribution in [2.75, 3.05) is 13.7 Å². The number of methoxy groups -OCH3 is 1. The van der Waals surface area contributed by atoms with E-state index in [1.54, 1.807) is 7.11 Å². The van der Waals surface area contributed by atoms with Gasteiger partial charge in [-0.15, -0.1) is 0 Å². The molecule has 0 aliphatic rings. The first kappa shape index (κ1) is 16.9. The molecule has 0 radical (unpaired) electrons. The average molecular weight is 360 g/mol. The van der Waals surface area contributed by atoms with Gasteiger partial charge in [0.2, 0.25) is 0 Å². The highest BCUT2D eigenvalue weighted by Crippen LogP contribution is 2.21. The first-order valence-electron chi connectivity index (χ1n) is 8.77. The Bertz CT molecular complexity index is 1070. The number of nitrogens with zero attached hydrogens (tertiary/aromatic N) is 2. The van der Waals surface area contributed by atoms with E-state index in [0.29, 0.717) is 18.7 Å². The molecule has 4 rings (SSSR count). The number of nitrogens with one attached hydrogen (secondary N) is 2. The van der Waals surface area contributed by atoms with Crippen molar-refractivity contribution in [3.63, 3.8) is 0 Å². The first-order chi connectivity index (χ1) is 13.2. The van der Waals surface area contributed by atoms with Gasteiger partial charge in [0.25, 0.3) is 5.91 Å². The SMILES string of the molecule is COc1ccc2cc(C(=O)NCCc3cnn(-c4ccccc4)c3)[nH]c2c1. The van der Waals surface area contributed by atoms with Crippen LogP contribution in [0.5, 0.6) is 5.75 Å². The van der Waals surface area contributed by atoms with Crippen molar-refractivity contribution in [2.24, 2.45) is 0 Å². The zero-order valence-corrected chi connectivity index (χ0v) is 15.0. The second-order valence-electron chi connectivity index (χ2n) is 6.27. The lowest BCUT2D eigenvalue weighted by Gasteiger charge is -2.02. The molecule has 2 aromatic carbocycles. The number of para-hydroxylation sites is 1. The molecule has 6 heteroatoms. The number of fused-ring (bicyclic) bond motifs is 1.